The van der Waals surface area contributed by atoms with Crippen molar-refractivity contribution in [1.82, 2.24) is 19.3 Å². The number of thiazole rings is 1. The van der Waals surface area contributed by atoms with Gasteiger partial charge in [-0.05, 0) is 18.2 Å². The predicted octanol–water partition coefficient (Wildman–Crippen LogP) is 2.87. The Hall–Kier alpha value is -1.88. The fourth-order valence-electron chi connectivity index (χ4n) is 2.82. The van der Waals surface area contributed by atoms with E-state index in [1.54, 1.807) is 23.8 Å². The first-order chi connectivity index (χ1) is 13.0. The second kappa shape index (κ2) is 7.63. The molecule has 0 radical (unpaired) electrons. The van der Waals surface area contributed by atoms with Gasteiger partial charge in [-0.1, -0.05) is 28.1 Å². The largest absolute Gasteiger partial charge is 0.338 e. The van der Waals surface area contributed by atoms with E-state index in [1.807, 2.05) is 29.2 Å². The fourth-order valence-corrected chi connectivity index (χ4v) is 5.57. The van der Waals surface area contributed by atoms with E-state index in [0.29, 0.717) is 37.1 Å². The van der Waals surface area contributed by atoms with Gasteiger partial charge >= 0.3 is 0 Å². The molecule has 7 nitrogen and oxygen atoms in total. The van der Waals surface area contributed by atoms with Crippen LogP contribution in [0.5, 0.6) is 0 Å². The van der Waals surface area contributed by atoms with Gasteiger partial charge in [-0.15, -0.1) is 11.3 Å². The van der Waals surface area contributed by atoms with Crippen LogP contribution >= 0.6 is 27.3 Å². The molecule has 0 N–H and O–H groups in total. The summed E-state index contributed by atoms with van der Waals surface area (Å²) in [6, 6.07) is 9.41. The van der Waals surface area contributed by atoms with E-state index in [-0.39, 0.29) is 5.03 Å². The number of benzene rings is 1. The summed E-state index contributed by atoms with van der Waals surface area (Å²) >= 11 is 4.73. The molecule has 3 heterocycles. The molecule has 140 valence electrons. The number of piperazine rings is 1. The molecule has 1 saturated heterocycles. The zero-order valence-electron chi connectivity index (χ0n) is 14.2. The van der Waals surface area contributed by atoms with E-state index in [9.17, 15) is 8.42 Å². The molecule has 0 aliphatic carbocycles. The summed E-state index contributed by atoms with van der Waals surface area (Å²) < 4.78 is 28.3. The lowest BCUT2D eigenvalue weighted by atomic mass is 10.2. The molecular weight excluding hydrogens is 450 g/mol. The number of anilines is 1. The molecule has 0 atom stereocenters. The number of rotatable bonds is 4. The van der Waals surface area contributed by atoms with Gasteiger partial charge in [0.1, 0.15) is 5.01 Å². The Kier molecular flexibility index (Phi) is 5.22. The topological polar surface area (TPSA) is 79.3 Å². The number of hydrogen-bond donors (Lipinski definition) is 0. The second-order valence-electron chi connectivity index (χ2n) is 5.94. The average molecular weight is 466 g/mol. The minimum Gasteiger partial charge on any atom is -0.338 e. The van der Waals surface area contributed by atoms with Gasteiger partial charge in [-0.3, -0.25) is 0 Å². The third kappa shape index (κ3) is 3.88. The molecule has 2 aromatic heterocycles. The highest BCUT2D eigenvalue weighted by molar-refractivity contribution is 9.10. The lowest BCUT2D eigenvalue weighted by molar-refractivity contribution is 0.381. The summed E-state index contributed by atoms with van der Waals surface area (Å²) in [5, 5.41) is 2.41. The molecule has 1 aliphatic heterocycles. The van der Waals surface area contributed by atoms with Crippen LogP contribution in [-0.2, 0) is 10.0 Å². The van der Waals surface area contributed by atoms with Crippen LogP contribution in [0.3, 0.4) is 0 Å². The van der Waals surface area contributed by atoms with Crippen molar-refractivity contribution in [3.05, 3.63) is 52.6 Å². The van der Waals surface area contributed by atoms with Gasteiger partial charge in [-0.2, -0.15) is 4.31 Å². The van der Waals surface area contributed by atoms with E-state index >= 15 is 0 Å². The lowest BCUT2D eigenvalue weighted by Crippen LogP contribution is -2.49. The van der Waals surface area contributed by atoms with Crippen LogP contribution in [0.4, 0.5) is 5.95 Å². The van der Waals surface area contributed by atoms with Crippen LogP contribution in [0.25, 0.3) is 10.6 Å². The standard InChI is InChI=1S/C17H16BrN5O2S2/c18-14-4-2-13(3-5-14)16-21-15(12-26-16)27(24,25)23-10-8-22(9-11-23)17-19-6-1-7-20-17/h1-7,12H,8-11H2. The Bertz CT molecular complexity index is 1020. The van der Waals surface area contributed by atoms with Gasteiger partial charge in [-0.25, -0.2) is 23.4 Å². The monoisotopic (exact) mass is 465 g/mol. The van der Waals surface area contributed by atoms with Crippen molar-refractivity contribution >= 4 is 43.2 Å². The second-order valence-corrected chi connectivity index (χ2v) is 9.60. The highest BCUT2D eigenvalue weighted by Crippen LogP contribution is 2.28. The van der Waals surface area contributed by atoms with E-state index in [1.165, 1.54) is 15.6 Å². The molecule has 1 aliphatic rings. The molecule has 3 aromatic rings. The Morgan fingerprint density at radius 1 is 1.00 bits per heavy atom. The van der Waals surface area contributed by atoms with Gasteiger partial charge in [0.25, 0.3) is 10.0 Å². The minimum absolute atomic E-state index is 0.106. The molecule has 0 saturated carbocycles. The third-order valence-corrected chi connectivity index (χ3v) is 7.60. The predicted molar refractivity (Wildman–Crippen MR) is 108 cm³/mol. The Morgan fingerprint density at radius 3 is 2.33 bits per heavy atom. The van der Waals surface area contributed by atoms with Crippen LogP contribution in [0.2, 0.25) is 0 Å². The first kappa shape index (κ1) is 18.5. The van der Waals surface area contributed by atoms with Gasteiger partial charge in [0.15, 0.2) is 5.03 Å². The molecule has 10 heteroatoms. The molecular formula is C17H16BrN5O2S2. The summed E-state index contributed by atoms with van der Waals surface area (Å²) in [5.41, 5.74) is 0.899. The first-order valence-electron chi connectivity index (χ1n) is 8.27. The molecule has 1 aromatic carbocycles. The first-order valence-corrected chi connectivity index (χ1v) is 11.4. The van der Waals surface area contributed by atoms with Gasteiger partial charge in [0.2, 0.25) is 5.95 Å². The maximum Gasteiger partial charge on any atom is 0.261 e. The third-order valence-electron chi connectivity index (χ3n) is 4.25. The van der Waals surface area contributed by atoms with E-state index in [2.05, 4.69) is 30.9 Å². The zero-order valence-corrected chi connectivity index (χ0v) is 17.4. The molecule has 0 bridgehead atoms. The summed E-state index contributed by atoms with van der Waals surface area (Å²) in [6.45, 7) is 1.86. The van der Waals surface area contributed by atoms with E-state index in [4.69, 9.17) is 0 Å². The van der Waals surface area contributed by atoms with Crippen molar-refractivity contribution in [3.63, 3.8) is 0 Å². The molecule has 4 rings (SSSR count). The fraction of sp³-hybridized carbons (Fsp3) is 0.235. The highest BCUT2D eigenvalue weighted by atomic mass is 79.9. The molecule has 1 fully saturated rings. The van der Waals surface area contributed by atoms with Crippen molar-refractivity contribution in [2.45, 2.75) is 5.03 Å². The van der Waals surface area contributed by atoms with Crippen molar-refractivity contribution < 1.29 is 8.42 Å². The Labute approximate surface area is 169 Å². The Morgan fingerprint density at radius 2 is 1.67 bits per heavy atom. The average Bonchev–Trinajstić information content (AvgIpc) is 3.20. The normalized spacial score (nSPS) is 15.8. The van der Waals surface area contributed by atoms with Crippen LogP contribution < -0.4 is 4.90 Å². The van der Waals surface area contributed by atoms with Crippen molar-refractivity contribution in [1.29, 1.82) is 0 Å². The van der Waals surface area contributed by atoms with Crippen molar-refractivity contribution in [2.75, 3.05) is 31.1 Å². The molecule has 0 amide bonds. The summed E-state index contributed by atoms with van der Waals surface area (Å²) in [5.74, 6) is 0.626. The van der Waals surface area contributed by atoms with E-state index < -0.39 is 10.0 Å². The SMILES string of the molecule is O=S(=O)(c1csc(-c2ccc(Br)cc2)n1)N1CCN(c2ncccn2)CC1. The molecule has 0 unspecified atom stereocenters. The number of nitrogens with zero attached hydrogens (tertiary/aromatic N) is 5. The summed E-state index contributed by atoms with van der Waals surface area (Å²) in [7, 11) is -3.61. The summed E-state index contributed by atoms with van der Waals surface area (Å²) in [4.78, 5) is 14.8. The molecule has 0 spiro atoms. The van der Waals surface area contributed by atoms with Crippen LogP contribution in [0.1, 0.15) is 0 Å². The molecule has 27 heavy (non-hydrogen) atoms. The van der Waals surface area contributed by atoms with Gasteiger partial charge in [0, 0.05) is 54.0 Å². The number of halogens is 1. The van der Waals surface area contributed by atoms with Crippen molar-refractivity contribution in [3.8, 4) is 10.6 Å². The van der Waals surface area contributed by atoms with Crippen LogP contribution in [-0.4, -0.2) is 53.9 Å². The summed E-state index contributed by atoms with van der Waals surface area (Å²) in [6.07, 6.45) is 3.37. The van der Waals surface area contributed by atoms with Crippen molar-refractivity contribution in [2.24, 2.45) is 0 Å². The quantitative estimate of drug-likeness (QED) is 0.589. The highest BCUT2D eigenvalue weighted by Gasteiger charge is 2.31. The number of sulfonamides is 1. The maximum atomic E-state index is 12.9. The van der Waals surface area contributed by atoms with Crippen LogP contribution in [0.15, 0.2) is 57.6 Å². The van der Waals surface area contributed by atoms with Crippen LogP contribution in [0, 0.1) is 0 Å². The van der Waals surface area contributed by atoms with Gasteiger partial charge < -0.3 is 4.90 Å². The zero-order chi connectivity index (χ0) is 18.9. The Balaban J connectivity index is 1.49. The van der Waals surface area contributed by atoms with E-state index in [0.717, 1.165) is 10.0 Å². The van der Waals surface area contributed by atoms with Gasteiger partial charge in [0.05, 0.1) is 0 Å². The smallest absolute Gasteiger partial charge is 0.261 e. The minimum atomic E-state index is -3.61. The lowest BCUT2D eigenvalue weighted by Gasteiger charge is -2.33. The number of aromatic nitrogens is 3. The number of hydrogen-bond acceptors (Lipinski definition) is 7. The maximum absolute atomic E-state index is 12.9.